The molecule has 110 valence electrons. The zero-order valence-electron chi connectivity index (χ0n) is 9.63. The minimum absolute atomic E-state index is 1.32. The summed E-state index contributed by atoms with van der Waals surface area (Å²) < 4.78 is 58.9. The molecule has 0 atom stereocenters. The van der Waals surface area contributed by atoms with E-state index in [1.807, 2.05) is 0 Å². The molecule has 0 aliphatic rings. The number of halogens is 4. The van der Waals surface area contributed by atoms with Crippen LogP contribution in [-0.2, 0) is 10.1 Å². The Bertz CT molecular complexity index is 652. The zero-order valence-corrected chi connectivity index (χ0v) is 13.4. The van der Waals surface area contributed by atoms with Gasteiger partial charge in [0.2, 0.25) is 0 Å². The summed E-state index contributed by atoms with van der Waals surface area (Å²) in [5.74, 6) is 0. The van der Waals surface area contributed by atoms with E-state index < -0.39 is 15.6 Å². The lowest BCUT2D eigenvalue weighted by Gasteiger charge is -1.99. The van der Waals surface area contributed by atoms with Gasteiger partial charge < -0.3 is 0 Å². The molecule has 1 N–H and O–H groups in total. The van der Waals surface area contributed by atoms with Gasteiger partial charge in [-0.2, -0.15) is 21.6 Å². The Balaban J connectivity index is 0.000000221. The van der Waals surface area contributed by atoms with Crippen LogP contribution in [0.25, 0.3) is 10.4 Å². The quantitative estimate of drug-likeness (QED) is 0.410. The van der Waals surface area contributed by atoms with Gasteiger partial charge >= 0.3 is 15.6 Å². The van der Waals surface area contributed by atoms with Gasteiger partial charge in [0, 0.05) is 14.0 Å². The topological polar surface area (TPSA) is 54.4 Å². The summed E-state index contributed by atoms with van der Waals surface area (Å²) in [6.07, 6.45) is 0. The van der Waals surface area contributed by atoms with Crippen LogP contribution in [0.2, 0.25) is 0 Å². The third-order valence-electron chi connectivity index (χ3n) is 1.95. The van der Waals surface area contributed by atoms with E-state index in [1.165, 1.54) is 14.0 Å². The van der Waals surface area contributed by atoms with Crippen LogP contribution in [0, 0.1) is 3.57 Å². The van der Waals surface area contributed by atoms with Crippen LogP contribution in [0.4, 0.5) is 13.2 Å². The fraction of sp³-hybridized carbons (Fsp3) is 0.0909. The first-order valence-electron chi connectivity index (χ1n) is 4.95. The van der Waals surface area contributed by atoms with E-state index in [9.17, 15) is 13.2 Å². The van der Waals surface area contributed by atoms with Gasteiger partial charge in [-0.05, 0) is 40.1 Å². The van der Waals surface area contributed by atoms with E-state index in [0.717, 1.165) is 0 Å². The smallest absolute Gasteiger partial charge is 0.279 e. The van der Waals surface area contributed by atoms with Crippen LogP contribution >= 0.6 is 33.9 Å². The van der Waals surface area contributed by atoms with Crippen LogP contribution in [0.3, 0.4) is 0 Å². The second kappa shape index (κ2) is 6.87. The molecule has 0 aliphatic carbocycles. The normalized spacial score (nSPS) is 11.7. The number of hydrogen-bond acceptors (Lipinski definition) is 3. The van der Waals surface area contributed by atoms with E-state index in [1.54, 1.807) is 11.3 Å². The molecule has 1 heterocycles. The van der Waals surface area contributed by atoms with Crippen molar-refractivity contribution in [3.8, 4) is 10.4 Å². The molecule has 1 aromatic heterocycles. The molecule has 3 nitrogen and oxygen atoms in total. The van der Waals surface area contributed by atoms with Crippen molar-refractivity contribution in [3.63, 3.8) is 0 Å². The highest BCUT2D eigenvalue weighted by Crippen LogP contribution is 2.28. The maximum atomic E-state index is 10.7. The molecule has 20 heavy (non-hydrogen) atoms. The Morgan fingerprint density at radius 1 is 1.10 bits per heavy atom. The summed E-state index contributed by atoms with van der Waals surface area (Å²) in [7, 11) is -5.84. The second-order valence-electron chi connectivity index (χ2n) is 3.38. The van der Waals surface area contributed by atoms with E-state index in [2.05, 4.69) is 64.4 Å². The molecule has 9 heteroatoms. The lowest BCUT2D eigenvalue weighted by molar-refractivity contribution is -0.0510. The van der Waals surface area contributed by atoms with Crippen molar-refractivity contribution in [2.45, 2.75) is 5.51 Å². The molecule has 0 amide bonds. The monoisotopic (exact) mass is 436 g/mol. The predicted octanol–water partition coefficient (Wildman–Crippen LogP) is 4.41. The van der Waals surface area contributed by atoms with Crippen molar-refractivity contribution >= 4 is 44.0 Å². The molecular weight excluding hydrogens is 428 g/mol. The number of hydrogen-bond donors (Lipinski definition) is 1. The first kappa shape index (κ1) is 17.4. The van der Waals surface area contributed by atoms with E-state index in [-0.39, 0.29) is 0 Å². The Hall–Kier alpha value is -0.650. The average molecular weight is 436 g/mol. The van der Waals surface area contributed by atoms with Gasteiger partial charge in [0.15, 0.2) is 0 Å². The second-order valence-corrected chi connectivity index (χ2v) is 6.90. The summed E-state index contributed by atoms with van der Waals surface area (Å²) in [4.78, 5) is 1.35. The average Bonchev–Trinajstić information content (AvgIpc) is 2.81. The van der Waals surface area contributed by atoms with Gasteiger partial charge in [0.25, 0.3) is 0 Å². The largest absolute Gasteiger partial charge is 0.522 e. The van der Waals surface area contributed by atoms with Gasteiger partial charge in [0.05, 0.1) is 0 Å². The summed E-state index contributed by atoms with van der Waals surface area (Å²) in [5, 5.41) is 2.11. The first-order valence-corrected chi connectivity index (χ1v) is 8.35. The molecule has 0 saturated carbocycles. The van der Waals surface area contributed by atoms with Crippen molar-refractivity contribution in [2.24, 2.45) is 0 Å². The Labute approximate surface area is 131 Å². The molecule has 2 aromatic rings. The van der Waals surface area contributed by atoms with Crippen molar-refractivity contribution in [1.82, 2.24) is 0 Å². The number of thiophene rings is 1. The van der Waals surface area contributed by atoms with Crippen LogP contribution in [-0.4, -0.2) is 18.5 Å². The molecule has 0 radical (unpaired) electrons. The van der Waals surface area contributed by atoms with Crippen LogP contribution in [0.15, 0.2) is 41.8 Å². The summed E-state index contributed by atoms with van der Waals surface area (Å²) in [5.41, 5.74) is -4.19. The Morgan fingerprint density at radius 3 is 2.05 bits per heavy atom. The van der Waals surface area contributed by atoms with Crippen molar-refractivity contribution in [1.29, 1.82) is 0 Å². The standard InChI is InChI=1S/C10H7IS.CHF3O3S/c11-9-5-2-1-4-8(9)10-6-3-7-12-10;2-1(3,4)8(5,6)7/h1-7H;(H,5,6,7). The van der Waals surface area contributed by atoms with Crippen LogP contribution in [0.5, 0.6) is 0 Å². The van der Waals surface area contributed by atoms with Crippen molar-refractivity contribution < 1.29 is 26.1 Å². The molecule has 0 unspecified atom stereocenters. The third-order valence-corrected chi connectivity index (χ3v) is 4.38. The highest BCUT2D eigenvalue weighted by molar-refractivity contribution is 14.1. The molecule has 0 saturated heterocycles. The maximum Gasteiger partial charge on any atom is 0.522 e. The van der Waals surface area contributed by atoms with Crippen molar-refractivity contribution in [2.75, 3.05) is 0 Å². The Morgan fingerprint density at radius 2 is 1.65 bits per heavy atom. The molecule has 0 aliphatic heterocycles. The summed E-state index contributed by atoms with van der Waals surface area (Å²) in [6, 6.07) is 12.7. The minimum Gasteiger partial charge on any atom is -0.279 e. The summed E-state index contributed by atoms with van der Waals surface area (Å²) >= 11 is 4.15. The molecular formula is C11H8F3IO3S2. The maximum absolute atomic E-state index is 10.7. The molecule has 0 fully saturated rings. The van der Waals surface area contributed by atoms with Gasteiger partial charge in [-0.1, -0.05) is 24.3 Å². The lowest BCUT2D eigenvalue weighted by Crippen LogP contribution is -2.21. The van der Waals surface area contributed by atoms with Gasteiger partial charge in [0.1, 0.15) is 0 Å². The van der Waals surface area contributed by atoms with Gasteiger partial charge in [-0.15, -0.1) is 11.3 Å². The molecule has 1 aromatic carbocycles. The molecule has 2 rings (SSSR count). The van der Waals surface area contributed by atoms with Gasteiger partial charge in [-0.3, -0.25) is 4.55 Å². The number of benzene rings is 1. The SMILES string of the molecule is Ic1ccccc1-c1cccs1.O=S(=O)(O)C(F)(F)F. The lowest BCUT2D eigenvalue weighted by atomic mass is 10.2. The van der Waals surface area contributed by atoms with Crippen LogP contribution < -0.4 is 0 Å². The highest BCUT2D eigenvalue weighted by atomic mass is 127. The predicted molar refractivity (Wildman–Crippen MR) is 80.1 cm³/mol. The molecule has 0 bridgehead atoms. The summed E-state index contributed by atoms with van der Waals surface area (Å²) in [6.45, 7) is 0. The fourth-order valence-corrected chi connectivity index (χ4v) is 2.72. The number of alkyl halides is 3. The Kier molecular flexibility index (Phi) is 5.98. The molecule has 0 spiro atoms. The first-order chi connectivity index (χ1) is 9.13. The van der Waals surface area contributed by atoms with E-state index in [4.69, 9.17) is 13.0 Å². The highest BCUT2D eigenvalue weighted by Gasteiger charge is 2.44. The number of rotatable bonds is 1. The van der Waals surface area contributed by atoms with E-state index >= 15 is 0 Å². The van der Waals surface area contributed by atoms with Crippen molar-refractivity contribution in [3.05, 3.63) is 45.3 Å². The fourth-order valence-electron chi connectivity index (χ4n) is 1.09. The minimum atomic E-state index is -5.84. The van der Waals surface area contributed by atoms with E-state index in [0.29, 0.717) is 0 Å². The third kappa shape index (κ3) is 5.04. The zero-order chi connectivity index (χ0) is 15.4. The van der Waals surface area contributed by atoms with Gasteiger partial charge in [-0.25, -0.2) is 0 Å². The van der Waals surface area contributed by atoms with Crippen LogP contribution in [0.1, 0.15) is 0 Å².